The summed E-state index contributed by atoms with van der Waals surface area (Å²) in [6.07, 6.45) is 0.324. The molecular weight excluding hydrogens is 400 g/mol. The maximum absolute atomic E-state index is 14.7. The molecule has 0 saturated heterocycles. The molecule has 1 aromatic carbocycles. The Labute approximate surface area is 169 Å². The minimum atomic E-state index is -1.34. The van der Waals surface area contributed by atoms with Crippen molar-refractivity contribution in [3.63, 3.8) is 0 Å². The molecule has 158 valence electrons. The molecule has 0 aliphatic carbocycles. The number of amides is 1. The number of rotatable bonds is 3. The highest BCUT2D eigenvalue weighted by Crippen LogP contribution is 2.26. The van der Waals surface area contributed by atoms with Crippen LogP contribution in [0, 0.1) is 11.6 Å². The molecule has 11 heteroatoms. The Morgan fingerprint density at radius 1 is 1.20 bits per heavy atom. The van der Waals surface area contributed by atoms with Crippen molar-refractivity contribution in [2.45, 2.75) is 32.9 Å². The summed E-state index contributed by atoms with van der Waals surface area (Å²) in [4.78, 5) is 32.2. The molecule has 0 spiro atoms. The molecule has 0 aliphatic heterocycles. The Balaban J connectivity index is 1.89. The third-order valence-corrected chi connectivity index (χ3v) is 3.95. The molecular formula is C19H19F2N5O4. The predicted octanol–water partition coefficient (Wildman–Crippen LogP) is 3.66. The van der Waals surface area contributed by atoms with Crippen molar-refractivity contribution in [3.05, 3.63) is 41.7 Å². The first kappa shape index (κ1) is 21.1. The van der Waals surface area contributed by atoms with Gasteiger partial charge in [0.25, 0.3) is 0 Å². The van der Waals surface area contributed by atoms with Gasteiger partial charge in [-0.05, 0) is 38.5 Å². The van der Waals surface area contributed by atoms with E-state index in [0.717, 1.165) is 24.5 Å². The highest BCUT2D eigenvalue weighted by atomic mass is 19.1. The van der Waals surface area contributed by atoms with Crippen LogP contribution in [0.5, 0.6) is 0 Å². The molecule has 1 amide bonds. The van der Waals surface area contributed by atoms with Gasteiger partial charge in [0.05, 0.1) is 18.0 Å². The van der Waals surface area contributed by atoms with Crippen LogP contribution < -0.4 is 0 Å². The summed E-state index contributed by atoms with van der Waals surface area (Å²) in [6.45, 7) is 5.06. The van der Waals surface area contributed by atoms with E-state index in [1.165, 1.54) is 11.9 Å². The quantitative estimate of drug-likeness (QED) is 0.690. The molecule has 2 heterocycles. The first-order chi connectivity index (χ1) is 14.0. The normalized spacial score (nSPS) is 11.5. The second-order valence-electron chi connectivity index (χ2n) is 7.57. The van der Waals surface area contributed by atoms with E-state index in [-0.39, 0.29) is 29.0 Å². The van der Waals surface area contributed by atoms with E-state index in [0.29, 0.717) is 4.68 Å². The lowest BCUT2D eigenvalue weighted by Gasteiger charge is -2.24. The number of carbonyl (C=O) groups excluding carboxylic acids is 1. The van der Waals surface area contributed by atoms with Crippen LogP contribution in [-0.2, 0) is 11.3 Å². The molecule has 0 radical (unpaired) electrons. The lowest BCUT2D eigenvalue weighted by atomic mass is 10.1. The van der Waals surface area contributed by atoms with E-state index in [1.54, 1.807) is 20.8 Å². The lowest BCUT2D eigenvalue weighted by Crippen LogP contribution is -2.33. The number of nitrogens with zero attached hydrogens (tertiary/aromatic N) is 5. The number of hydrogen-bond acceptors (Lipinski definition) is 6. The second kappa shape index (κ2) is 7.65. The number of fused-ring (bicyclic) bond motifs is 1. The maximum atomic E-state index is 14.7. The van der Waals surface area contributed by atoms with Crippen molar-refractivity contribution < 1.29 is 28.2 Å². The standard InChI is InChI=1S/C19H19F2N5O4/c1-19(2,3)30-18(29)25(4)9-10-5-11(20)15(12(21)6-10)16-22-8-14-13(24-16)7-23-26(14)17(27)28/h5-8H,9H2,1-4H3,(H,27,28). The Hall–Kier alpha value is -3.63. The molecule has 0 aliphatic rings. The van der Waals surface area contributed by atoms with Crippen LogP contribution in [0.15, 0.2) is 24.5 Å². The zero-order chi connectivity index (χ0) is 22.2. The van der Waals surface area contributed by atoms with Crippen LogP contribution in [0.25, 0.3) is 22.4 Å². The van der Waals surface area contributed by atoms with E-state index in [2.05, 4.69) is 15.1 Å². The predicted molar refractivity (Wildman–Crippen MR) is 102 cm³/mol. The van der Waals surface area contributed by atoms with E-state index < -0.39 is 35.0 Å². The third kappa shape index (κ3) is 4.34. The highest BCUT2D eigenvalue weighted by molar-refractivity contribution is 5.84. The van der Waals surface area contributed by atoms with Crippen molar-refractivity contribution in [3.8, 4) is 11.4 Å². The molecule has 2 aromatic heterocycles. The summed E-state index contributed by atoms with van der Waals surface area (Å²) in [6, 6.07) is 2.15. The monoisotopic (exact) mass is 419 g/mol. The lowest BCUT2D eigenvalue weighted by molar-refractivity contribution is 0.0284. The summed E-state index contributed by atoms with van der Waals surface area (Å²) < 4.78 is 35.2. The summed E-state index contributed by atoms with van der Waals surface area (Å²) >= 11 is 0. The maximum Gasteiger partial charge on any atom is 0.432 e. The second-order valence-corrected chi connectivity index (χ2v) is 7.57. The van der Waals surface area contributed by atoms with E-state index >= 15 is 0 Å². The number of carbonyl (C=O) groups is 2. The van der Waals surface area contributed by atoms with Gasteiger partial charge in [-0.25, -0.2) is 28.3 Å². The van der Waals surface area contributed by atoms with Crippen LogP contribution in [0.1, 0.15) is 26.3 Å². The molecule has 3 aromatic rings. The molecule has 3 rings (SSSR count). The van der Waals surface area contributed by atoms with Gasteiger partial charge in [0.2, 0.25) is 0 Å². The number of aromatic nitrogens is 4. The fraction of sp³-hybridized carbons (Fsp3) is 0.316. The largest absolute Gasteiger partial charge is 0.463 e. The van der Waals surface area contributed by atoms with Crippen LogP contribution in [0.2, 0.25) is 0 Å². The first-order valence-corrected chi connectivity index (χ1v) is 8.83. The average molecular weight is 419 g/mol. The van der Waals surface area contributed by atoms with Crippen LogP contribution in [-0.4, -0.2) is 54.6 Å². The number of hydrogen-bond donors (Lipinski definition) is 1. The minimum absolute atomic E-state index is 0.0751. The van der Waals surface area contributed by atoms with Gasteiger partial charge in [-0.15, -0.1) is 0 Å². The Kier molecular flexibility index (Phi) is 5.38. The molecule has 0 fully saturated rings. The summed E-state index contributed by atoms with van der Waals surface area (Å²) in [5, 5.41) is 12.7. The molecule has 0 atom stereocenters. The van der Waals surface area contributed by atoms with Gasteiger partial charge in [-0.3, -0.25) is 0 Å². The molecule has 0 bridgehead atoms. The topological polar surface area (TPSA) is 110 Å². The Morgan fingerprint density at radius 3 is 2.40 bits per heavy atom. The molecule has 0 saturated carbocycles. The van der Waals surface area contributed by atoms with Gasteiger partial charge in [0.15, 0.2) is 5.82 Å². The number of benzene rings is 1. The van der Waals surface area contributed by atoms with Crippen molar-refractivity contribution in [2.75, 3.05) is 7.05 Å². The Morgan fingerprint density at radius 2 is 1.83 bits per heavy atom. The molecule has 0 unspecified atom stereocenters. The Bertz CT molecular complexity index is 1120. The summed E-state index contributed by atoms with van der Waals surface area (Å²) in [5.41, 5.74) is -0.751. The van der Waals surface area contributed by atoms with Crippen LogP contribution in [0.3, 0.4) is 0 Å². The number of ether oxygens (including phenoxy) is 1. The van der Waals surface area contributed by atoms with Gasteiger partial charge >= 0.3 is 12.2 Å². The smallest absolute Gasteiger partial charge is 0.432 e. The van der Waals surface area contributed by atoms with Gasteiger partial charge < -0.3 is 14.7 Å². The van der Waals surface area contributed by atoms with Crippen molar-refractivity contribution in [1.29, 1.82) is 0 Å². The van der Waals surface area contributed by atoms with E-state index in [9.17, 15) is 18.4 Å². The number of halogens is 2. The zero-order valence-corrected chi connectivity index (χ0v) is 16.7. The molecule has 1 N–H and O–H groups in total. The van der Waals surface area contributed by atoms with Crippen LogP contribution >= 0.6 is 0 Å². The fourth-order valence-corrected chi connectivity index (χ4v) is 2.70. The minimum Gasteiger partial charge on any atom is -0.463 e. The van der Waals surface area contributed by atoms with Crippen molar-refractivity contribution >= 4 is 23.2 Å². The molecule has 9 nitrogen and oxygen atoms in total. The summed E-state index contributed by atoms with van der Waals surface area (Å²) in [5.74, 6) is -2.10. The SMILES string of the molecule is CN(Cc1cc(F)c(-c2ncc3c(cnn3C(=O)O)n2)c(F)c1)C(=O)OC(C)(C)C. The zero-order valence-electron chi connectivity index (χ0n) is 16.7. The van der Waals surface area contributed by atoms with E-state index in [4.69, 9.17) is 9.84 Å². The average Bonchev–Trinajstić information content (AvgIpc) is 3.03. The van der Waals surface area contributed by atoms with Gasteiger partial charge in [-0.2, -0.15) is 9.78 Å². The highest BCUT2D eigenvalue weighted by Gasteiger charge is 2.22. The van der Waals surface area contributed by atoms with Crippen LogP contribution in [0.4, 0.5) is 18.4 Å². The van der Waals surface area contributed by atoms with Gasteiger partial charge in [0, 0.05) is 13.6 Å². The third-order valence-electron chi connectivity index (χ3n) is 3.95. The fourth-order valence-electron chi connectivity index (χ4n) is 2.70. The van der Waals surface area contributed by atoms with Crippen molar-refractivity contribution in [2.24, 2.45) is 0 Å². The van der Waals surface area contributed by atoms with E-state index in [1.807, 2.05) is 0 Å². The van der Waals surface area contributed by atoms with Gasteiger partial charge in [0.1, 0.15) is 28.3 Å². The number of carboxylic acid groups (broad SMARTS) is 1. The first-order valence-electron chi connectivity index (χ1n) is 8.83. The van der Waals surface area contributed by atoms with Gasteiger partial charge in [-0.1, -0.05) is 0 Å². The van der Waals surface area contributed by atoms with Crippen molar-refractivity contribution in [1.82, 2.24) is 24.6 Å². The summed E-state index contributed by atoms with van der Waals surface area (Å²) in [7, 11) is 1.45. The molecule has 30 heavy (non-hydrogen) atoms.